The number of hydrogen-bond donors (Lipinski definition) is 0. The largest absolute Gasteiger partial charge is 0.385 e. The van der Waals surface area contributed by atoms with E-state index in [9.17, 15) is 9.59 Å². The van der Waals surface area contributed by atoms with Gasteiger partial charge in [-0.1, -0.05) is 6.42 Å². The summed E-state index contributed by atoms with van der Waals surface area (Å²) < 4.78 is 5.08. The molecule has 0 bridgehead atoms. The number of methoxy groups -OCH3 is 1. The van der Waals surface area contributed by atoms with Crippen molar-refractivity contribution in [3.8, 4) is 0 Å². The summed E-state index contributed by atoms with van der Waals surface area (Å²) in [7, 11) is 3.89. The number of rotatable bonds is 8. The number of carbonyl (C=O) groups excluding carboxylic acids is 2. The lowest BCUT2D eigenvalue weighted by atomic mass is 9.86. The number of unbranched alkanes of at least 4 members (excludes halogenated alkanes) is 2. The highest BCUT2D eigenvalue weighted by Crippen LogP contribution is 2.35. The summed E-state index contributed by atoms with van der Waals surface area (Å²) >= 11 is 0. The van der Waals surface area contributed by atoms with E-state index in [1.165, 1.54) is 12.8 Å². The summed E-state index contributed by atoms with van der Waals surface area (Å²) in [6.07, 6.45) is 8.68. The minimum atomic E-state index is -0.0298. The average molecular weight is 380 g/mol. The van der Waals surface area contributed by atoms with Gasteiger partial charge in [0.2, 0.25) is 11.8 Å². The lowest BCUT2D eigenvalue weighted by Gasteiger charge is -2.49. The van der Waals surface area contributed by atoms with Gasteiger partial charge in [0.1, 0.15) is 0 Å². The van der Waals surface area contributed by atoms with E-state index in [1.54, 1.807) is 7.11 Å². The first-order valence-electron chi connectivity index (χ1n) is 10.8. The molecular formula is C21H37N3O3. The number of likely N-dealkylation sites (tertiary alicyclic amines) is 1. The Kier molecular flexibility index (Phi) is 7.15. The van der Waals surface area contributed by atoms with E-state index in [0.717, 1.165) is 77.4 Å². The fourth-order valence-corrected chi connectivity index (χ4v) is 4.57. The molecule has 0 aromatic heterocycles. The van der Waals surface area contributed by atoms with Gasteiger partial charge in [-0.2, -0.15) is 0 Å². The third-order valence-electron chi connectivity index (χ3n) is 6.77. The fraction of sp³-hybridized carbons (Fsp3) is 0.905. The number of ether oxygens (including phenoxy) is 1. The highest BCUT2D eigenvalue weighted by molar-refractivity contribution is 5.77. The van der Waals surface area contributed by atoms with Crippen LogP contribution >= 0.6 is 0 Å². The Labute approximate surface area is 164 Å². The molecule has 0 aromatic carbocycles. The zero-order valence-corrected chi connectivity index (χ0v) is 17.3. The second-order valence-corrected chi connectivity index (χ2v) is 8.80. The predicted octanol–water partition coefficient (Wildman–Crippen LogP) is 2.13. The summed E-state index contributed by atoms with van der Waals surface area (Å²) in [5, 5.41) is 0. The molecule has 6 nitrogen and oxygen atoms in total. The van der Waals surface area contributed by atoms with Crippen molar-refractivity contribution < 1.29 is 14.3 Å². The Balaban J connectivity index is 1.54. The number of likely N-dealkylation sites (N-methyl/N-ethyl adjacent to an activating group) is 1. The van der Waals surface area contributed by atoms with Crippen LogP contribution in [-0.4, -0.2) is 85.5 Å². The molecule has 1 aliphatic carbocycles. The van der Waals surface area contributed by atoms with Gasteiger partial charge in [-0.15, -0.1) is 0 Å². The van der Waals surface area contributed by atoms with Crippen molar-refractivity contribution in [3.05, 3.63) is 0 Å². The molecule has 2 amide bonds. The highest BCUT2D eigenvalue weighted by Gasteiger charge is 2.43. The molecule has 3 aliphatic rings. The van der Waals surface area contributed by atoms with E-state index in [-0.39, 0.29) is 11.4 Å². The molecule has 0 unspecified atom stereocenters. The molecule has 3 rings (SSSR count). The molecule has 1 spiro atoms. The maximum absolute atomic E-state index is 12.7. The topological polar surface area (TPSA) is 53.1 Å². The van der Waals surface area contributed by atoms with Crippen LogP contribution in [0, 0.1) is 5.92 Å². The van der Waals surface area contributed by atoms with Crippen LogP contribution in [0.15, 0.2) is 0 Å². The molecular weight excluding hydrogens is 342 g/mol. The van der Waals surface area contributed by atoms with Crippen LogP contribution in [0.5, 0.6) is 0 Å². The Hall–Kier alpha value is -1.14. The Morgan fingerprint density at radius 3 is 2.70 bits per heavy atom. The van der Waals surface area contributed by atoms with Gasteiger partial charge in [0.05, 0.1) is 0 Å². The van der Waals surface area contributed by atoms with Crippen molar-refractivity contribution in [2.75, 3.05) is 53.5 Å². The molecule has 0 radical (unpaired) electrons. The van der Waals surface area contributed by atoms with Crippen LogP contribution in [0.3, 0.4) is 0 Å². The molecule has 1 atom stereocenters. The van der Waals surface area contributed by atoms with Gasteiger partial charge in [-0.3, -0.25) is 14.5 Å². The summed E-state index contributed by atoms with van der Waals surface area (Å²) in [5.74, 6) is 1.34. The molecule has 2 saturated heterocycles. The van der Waals surface area contributed by atoms with E-state index in [4.69, 9.17) is 4.74 Å². The van der Waals surface area contributed by atoms with Crippen molar-refractivity contribution >= 4 is 11.8 Å². The van der Waals surface area contributed by atoms with Crippen molar-refractivity contribution in [2.45, 2.75) is 63.3 Å². The van der Waals surface area contributed by atoms with E-state index < -0.39 is 0 Å². The minimum absolute atomic E-state index is 0.0298. The van der Waals surface area contributed by atoms with Gasteiger partial charge in [0.15, 0.2) is 0 Å². The van der Waals surface area contributed by atoms with Crippen LogP contribution in [0.2, 0.25) is 0 Å². The predicted molar refractivity (Wildman–Crippen MR) is 105 cm³/mol. The first kappa shape index (κ1) is 20.6. The van der Waals surface area contributed by atoms with Crippen molar-refractivity contribution in [3.63, 3.8) is 0 Å². The molecule has 2 aliphatic heterocycles. The quantitative estimate of drug-likeness (QED) is 0.606. The second kappa shape index (κ2) is 9.37. The third-order valence-corrected chi connectivity index (χ3v) is 6.77. The molecule has 154 valence electrons. The average Bonchev–Trinajstić information content (AvgIpc) is 3.49. The maximum atomic E-state index is 12.7. The molecule has 0 aromatic rings. The first-order chi connectivity index (χ1) is 13.0. The van der Waals surface area contributed by atoms with Crippen molar-refractivity contribution in [1.82, 2.24) is 14.7 Å². The van der Waals surface area contributed by atoms with Gasteiger partial charge >= 0.3 is 0 Å². The van der Waals surface area contributed by atoms with Gasteiger partial charge in [-0.05, 0) is 51.5 Å². The molecule has 27 heavy (non-hydrogen) atoms. The number of carbonyl (C=O) groups is 2. The number of nitrogens with zero attached hydrogens (tertiary/aromatic N) is 3. The van der Waals surface area contributed by atoms with Gasteiger partial charge in [0.25, 0.3) is 0 Å². The summed E-state index contributed by atoms with van der Waals surface area (Å²) in [4.78, 5) is 31.9. The second-order valence-electron chi connectivity index (χ2n) is 8.80. The fourth-order valence-electron chi connectivity index (χ4n) is 4.57. The number of hydrogen-bond acceptors (Lipinski definition) is 4. The molecule has 0 N–H and O–H groups in total. The minimum Gasteiger partial charge on any atom is -0.385 e. The van der Waals surface area contributed by atoms with E-state index >= 15 is 0 Å². The van der Waals surface area contributed by atoms with E-state index in [1.807, 2.05) is 0 Å². The zero-order valence-electron chi connectivity index (χ0n) is 17.3. The van der Waals surface area contributed by atoms with Crippen LogP contribution in [0.1, 0.15) is 57.8 Å². The monoisotopic (exact) mass is 379 g/mol. The van der Waals surface area contributed by atoms with Crippen LogP contribution in [-0.2, 0) is 14.3 Å². The number of piperazine rings is 1. The highest BCUT2D eigenvalue weighted by atomic mass is 16.5. The van der Waals surface area contributed by atoms with Gasteiger partial charge in [-0.25, -0.2) is 0 Å². The molecule has 2 heterocycles. The standard InChI is InChI=1S/C21H37N3O3/c1-22-13-14-24(19(25)6-4-3-5-15-27-2)17-21(22)10-9-20(26)23(12-11-21)16-18-7-8-18/h18H,3-17H2,1-2H3/t21-/m0/s1. The Bertz CT molecular complexity index is 523. The third kappa shape index (κ3) is 5.44. The molecule has 3 fully saturated rings. The summed E-state index contributed by atoms with van der Waals surface area (Å²) in [6.45, 7) is 5.07. The van der Waals surface area contributed by atoms with Gasteiger partial charge in [0, 0.05) is 64.8 Å². The Morgan fingerprint density at radius 2 is 1.96 bits per heavy atom. The van der Waals surface area contributed by atoms with Crippen molar-refractivity contribution in [1.29, 1.82) is 0 Å². The number of amides is 2. The van der Waals surface area contributed by atoms with E-state index in [0.29, 0.717) is 18.7 Å². The normalized spacial score (nSPS) is 27.3. The SMILES string of the molecule is COCCCCCC(=O)N1CCN(C)[C@]2(CCC(=O)N(CC3CC3)CC2)C1. The Morgan fingerprint density at radius 1 is 1.15 bits per heavy atom. The summed E-state index contributed by atoms with van der Waals surface area (Å²) in [6, 6.07) is 0. The van der Waals surface area contributed by atoms with Crippen LogP contribution < -0.4 is 0 Å². The van der Waals surface area contributed by atoms with Gasteiger partial charge < -0.3 is 14.5 Å². The smallest absolute Gasteiger partial charge is 0.222 e. The zero-order chi connectivity index (χ0) is 19.3. The molecule has 6 heteroatoms. The van der Waals surface area contributed by atoms with Crippen molar-refractivity contribution in [2.24, 2.45) is 5.92 Å². The lowest BCUT2D eigenvalue weighted by Crippen LogP contribution is -2.62. The first-order valence-corrected chi connectivity index (χ1v) is 10.8. The maximum Gasteiger partial charge on any atom is 0.222 e. The van der Waals surface area contributed by atoms with Crippen LogP contribution in [0.25, 0.3) is 0 Å². The molecule has 1 saturated carbocycles. The lowest BCUT2D eigenvalue weighted by molar-refractivity contribution is -0.137. The van der Waals surface area contributed by atoms with E-state index in [2.05, 4.69) is 21.7 Å². The van der Waals surface area contributed by atoms with Crippen LogP contribution in [0.4, 0.5) is 0 Å². The summed E-state index contributed by atoms with van der Waals surface area (Å²) in [5.41, 5.74) is -0.0298.